The summed E-state index contributed by atoms with van der Waals surface area (Å²) in [6.45, 7) is 0.732. The maximum absolute atomic E-state index is 12.5. The molecule has 0 radical (unpaired) electrons. The average molecular weight is 469 g/mol. The van der Waals surface area contributed by atoms with Gasteiger partial charge in [-0.1, -0.05) is 6.07 Å². The van der Waals surface area contributed by atoms with E-state index in [9.17, 15) is 4.79 Å². The topological polar surface area (TPSA) is 101 Å². The normalized spacial score (nSPS) is 9.81. The maximum Gasteiger partial charge on any atom is 0.251 e. The third-order valence-corrected chi connectivity index (χ3v) is 4.44. The Labute approximate surface area is 193 Å². The molecule has 0 aliphatic heterocycles. The van der Waals surface area contributed by atoms with Crippen molar-refractivity contribution in [3.8, 4) is 23.0 Å². The Morgan fingerprint density at radius 1 is 1.03 bits per heavy atom. The van der Waals surface area contributed by atoms with Crippen LogP contribution >= 0.6 is 24.8 Å². The lowest BCUT2D eigenvalue weighted by Gasteiger charge is -2.15. The number of ether oxygens (including phenoxy) is 3. The molecule has 1 heterocycles. The molecule has 3 rings (SSSR count). The summed E-state index contributed by atoms with van der Waals surface area (Å²) in [6.07, 6.45) is 3.51. The molecule has 0 atom stereocenters. The second-order valence-corrected chi connectivity index (χ2v) is 6.29. The molecule has 31 heavy (non-hydrogen) atoms. The number of amides is 1. The highest BCUT2D eigenvalue weighted by Crippen LogP contribution is 2.37. The molecule has 1 amide bonds. The van der Waals surface area contributed by atoms with E-state index in [1.54, 1.807) is 37.6 Å². The Morgan fingerprint density at radius 2 is 1.68 bits per heavy atom. The molecule has 3 N–H and O–H groups in total. The van der Waals surface area contributed by atoms with E-state index in [0.29, 0.717) is 41.7 Å². The lowest BCUT2D eigenvalue weighted by Crippen LogP contribution is -2.24. The van der Waals surface area contributed by atoms with Crippen molar-refractivity contribution in [2.24, 2.45) is 12.8 Å². The predicted molar refractivity (Wildman–Crippen MR) is 123 cm³/mol. The van der Waals surface area contributed by atoms with Crippen LogP contribution in [0.5, 0.6) is 23.0 Å². The van der Waals surface area contributed by atoms with Crippen LogP contribution in [-0.4, -0.2) is 29.7 Å². The van der Waals surface area contributed by atoms with Gasteiger partial charge < -0.3 is 29.8 Å². The molecule has 2 aromatic carbocycles. The van der Waals surface area contributed by atoms with E-state index in [0.717, 1.165) is 11.4 Å². The van der Waals surface area contributed by atoms with Crippen LogP contribution in [0.2, 0.25) is 0 Å². The average Bonchev–Trinajstić information content (AvgIpc) is 3.17. The fourth-order valence-corrected chi connectivity index (χ4v) is 2.76. The molecule has 1 aromatic heterocycles. The van der Waals surface area contributed by atoms with Gasteiger partial charge in [0.2, 0.25) is 0 Å². The van der Waals surface area contributed by atoms with Gasteiger partial charge in [0.25, 0.3) is 5.91 Å². The Bertz CT molecular complexity index is 1010. The Balaban J connectivity index is 0.00000240. The van der Waals surface area contributed by atoms with Crippen LogP contribution < -0.4 is 25.3 Å². The number of nitrogens with zero attached hydrogens (tertiary/aromatic N) is 2. The summed E-state index contributed by atoms with van der Waals surface area (Å²) in [6, 6.07) is 10.5. The molecule has 0 fully saturated rings. The Hall–Kier alpha value is -2.94. The summed E-state index contributed by atoms with van der Waals surface area (Å²) in [7, 11) is 4.96. The van der Waals surface area contributed by atoms with Crippen molar-refractivity contribution in [2.45, 2.75) is 13.1 Å². The van der Waals surface area contributed by atoms with Crippen molar-refractivity contribution in [1.82, 2.24) is 14.9 Å². The standard InChI is InChI=1S/C21H24N4O4.2ClH/c1-25-9-8-23-20(25)13-24-21(26)15-5-7-17(19(11-15)28-3)29-16-6-4-14(12-22)10-18(16)27-2;;/h4-11H,12-13,22H2,1-3H3,(H,24,26);2*1H. The van der Waals surface area contributed by atoms with Crippen LogP contribution in [0.15, 0.2) is 48.8 Å². The van der Waals surface area contributed by atoms with Crippen LogP contribution in [0.1, 0.15) is 21.7 Å². The van der Waals surface area contributed by atoms with E-state index in [1.807, 2.05) is 29.9 Å². The number of hydrogen-bond acceptors (Lipinski definition) is 6. The summed E-state index contributed by atoms with van der Waals surface area (Å²) < 4.78 is 18.6. The molecular weight excluding hydrogens is 443 g/mol. The quantitative estimate of drug-likeness (QED) is 0.524. The van der Waals surface area contributed by atoms with Crippen LogP contribution in [0.3, 0.4) is 0 Å². The molecular formula is C21H26Cl2N4O4. The first-order valence-electron chi connectivity index (χ1n) is 9.03. The van der Waals surface area contributed by atoms with E-state index in [1.165, 1.54) is 7.11 Å². The molecule has 168 valence electrons. The molecule has 8 nitrogen and oxygen atoms in total. The van der Waals surface area contributed by atoms with Crippen molar-refractivity contribution in [3.05, 3.63) is 65.7 Å². The van der Waals surface area contributed by atoms with Crippen LogP contribution in [-0.2, 0) is 20.1 Å². The van der Waals surface area contributed by atoms with Gasteiger partial charge in [-0.3, -0.25) is 4.79 Å². The molecule has 10 heteroatoms. The number of carbonyl (C=O) groups excluding carboxylic acids is 1. The van der Waals surface area contributed by atoms with Gasteiger partial charge in [-0.2, -0.15) is 0 Å². The molecule has 0 saturated carbocycles. The van der Waals surface area contributed by atoms with Crippen molar-refractivity contribution in [1.29, 1.82) is 0 Å². The highest BCUT2D eigenvalue weighted by molar-refractivity contribution is 5.94. The van der Waals surface area contributed by atoms with Gasteiger partial charge >= 0.3 is 0 Å². The molecule has 0 aliphatic carbocycles. The molecule has 0 bridgehead atoms. The maximum atomic E-state index is 12.5. The van der Waals surface area contributed by atoms with Crippen molar-refractivity contribution < 1.29 is 19.0 Å². The van der Waals surface area contributed by atoms with Gasteiger partial charge in [-0.25, -0.2) is 4.98 Å². The van der Waals surface area contributed by atoms with E-state index < -0.39 is 0 Å². The minimum absolute atomic E-state index is 0. The van der Waals surface area contributed by atoms with Crippen LogP contribution in [0.4, 0.5) is 0 Å². The second-order valence-electron chi connectivity index (χ2n) is 6.29. The number of aryl methyl sites for hydroxylation is 1. The van der Waals surface area contributed by atoms with Crippen molar-refractivity contribution in [3.63, 3.8) is 0 Å². The molecule has 0 saturated heterocycles. The van der Waals surface area contributed by atoms with Gasteiger partial charge in [0.15, 0.2) is 23.0 Å². The first kappa shape index (κ1) is 26.1. The largest absolute Gasteiger partial charge is 0.493 e. The zero-order chi connectivity index (χ0) is 20.8. The zero-order valence-electron chi connectivity index (χ0n) is 17.5. The number of hydrogen-bond donors (Lipinski definition) is 2. The summed E-state index contributed by atoms with van der Waals surface area (Å²) in [5.41, 5.74) is 7.06. The zero-order valence-corrected chi connectivity index (χ0v) is 19.1. The number of halogens is 2. The fourth-order valence-electron chi connectivity index (χ4n) is 2.76. The van der Waals surface area contributed by atoms with E-state index in [4.69, 9.17) is 19.9 Å². The number of carbonyl (C=O) groups is 1. The minimum atomic E-state index is -0.234. The number of aromatic nitrogens is 2. The fraction of sp³-hybridized carbons (Fsp3) is 0.238. The number of imidazole rings is 1. The monoisotopic (exact) mass is 468 g/mol. The first-order valence-corrected chi connectivity index (χ1v) is 9.03. The van der Waals surface area contributed by atoms with Crippen molar-refractivity contribution >= 4 is 30.7 Å². The van der Waals surface area contributed by atoms with Gasteiger partial charge in [0.1, 0.15) is 5.82 Å². The summed E-state index contributed by atoms with van der Waals surface area (Å²) in [4.78, 5) is 16.7. The number of nitrogens with one attached hydrogen (secondary N) is 1. The van der Waals surface area contributed by atoms with E-state index >= 15 is 0 Å². The predicted octanol–water partition coefficient (Wildman–Crippen LogP) is 3.46. The number of nitrogens with two attached hydrogens (primary N) is 1. The molecule has 3 aromatic rings. The van der Waals surface area contributed by atoms with Crippen LogP contribution in [0, 0.1) is 0 Å². The third-order valence-electron chi connectivity index (χ3n) is 4.44. The van der Waals surface area contributed by atoms with E-state index in [-0.39, 0.29) is 30.7 Å². The highest BCUT2D eigenvalue weighted by Gasteiger charge is 2.14. The van der Waals surface area contributed by atoms with Crippen LogP contribution in [0.25, 0.3) is 0 Å². The summed E-state index contributed by atoms with van der Waals surface area (Å²) in [5, 5.41) is 2.84. The molecule has 0 spiro atoms. The first-order chi connectivity index (χ1) is 14.0. The molecule has 0 aliphatic rings. The minimum Gasteiger partial charge on any atom is -0.493 e. The Morgan fingerprint density at radius 3 is 2.26 bits per heavy atom. The number of methoxy groups -OCH3 is 2. The van der Waals surface area contributed by atoms with E-state index in [2.05, 4.69) is 10.3 Å². The van der Waals surface area contributed by atoms with Gasteiger partial charge in [-0.05, 0) is 35.9 Å². The summed E-state index contributed by atoms with van der Waals surface area (Å²) >= 11 is 0. The lowest BCUT2D eigenvalue weighted by molar-refractivity contribution is 0.0949. The molecule has 0 unspecified atom stereocenters. The summed E-state index contributed by atoms with van der Waals surface area (Å²) in [5.74, 6) is 2.51. The van der Waals surface area contributed by atoms with Gasteiger partial charge in [0, 0.05) is 31.5 Å². The number of rotatable bonds is 8. The number of benzene rings is 2. The smallest absolute Gasteiger partial charge is 0.251 e. The SMILES string of the molecule is COc1cc(CN)ccc1Oc1ccc(C(=O)NCc2nccn2C)cc1OC.Cl.Cl. The van der Waals surface area contributed by atoms with Gasteiger partial charge in [-0.15, -0.1) is 24.8 Å². The third kappa shape index (κ3) is 6.27. The second kappa shape index (κ2) is 12.0. The Kier molecular flexibility index (Phi) is 10.1. The van der Waals surface area contributed by atoms with Crippen molar-refractivity contribution in [2.75, 3.05) is 14.2 Å². The highest BCUT2D eigenvalue weighted by atomic mass is 35.5. The van der Waals surface area contributed by atoms with Gasteiger partial charge in [0.05, 0.1) is 20.8 Å². The lowest BCUT2D eigenvalue weighted by atomic mass is 10.1.